The number of halogens is 2. The molecule has 7 heterocycles. The Hall–Kier alpha value is -8.66. The summed E-state index contributed by atoms with van der Waals surface area (Å²) in [5, 5.41) is 39.5. The number of carboxylic acids is 1. The summed E-state index contributed by atoms with van der Waals surface area (Å²) in [5.74, 6) is 0.0718. The second kappa shape index (κ2) is 25.0. The van der Waals surface area contributed by atoms with Crippen molar-refractivity contribution in [3.05, 3.63) is 177 Å². The number of aliphatic hydroxyl groups excluding tert-OH is 1. The van der Waals surface area contributed by atoms with E-state index in [2.05, 4.69) is 14.4 Å². The third-order valence-corrected chi connectivity index (χ3v) is 15.7. The smallest absolute Gasteiger partial charge is 0.338 e. The molecule has 1 unspecified atom stereocenters. The second-order valence-electron chi connectivity index (χ2n) is 21.2. The van der Waals surface area contributed by atoms with Crippen LogP contribution in [0.25, 0.3) is 22.1 Å². The summed E-state index contributed by atoms with van der Waals surface area (Å²) in [6.45, 7) is 5.38. The molecule has 3 saturated heterocycles. The largest absolute Gasteiger partial charge is 0.478 e. The van der Waals surface area contributed by atoms with Crippen LogP contribution >= 0.6 is 0 Å². The number of nitriles is 2. The first-order chi connectivity index (χ1) is 39.9. The molecule has 8 aromatic rings. The zero-order valence-corrected chi connectivity index (χ0v) is 45.0. The average molecular weight is 1110 g/mol. The minimum atomic E-state index is -1.08. The minimum absolute atomic E-state index is 0.00371. The van der Waals surface area contributed by atoms with Crippen LogP contribution in [-0.4, -0.2) is 113 Å². The maximum atomic E-state index is 14.5. The molecule has 18 nitrogen and oxygen atoms in total. The lowest BCUT2D eigenvalue weighted by Crippen LogP contribution is -2.35. The molecule has 0 aliphatic carbocycles. The number of nitrogens with zero attached hydrogens (tertiary/aromatic N) is 10. The summed E-state index contributed by atoms with van der Waals surface area (Å²) in [6.07, 6.45) is 3.43. The van der Waals surface area contributed by atoms with E-state index in [4.69, 9.17) is 49.4 Å². The number of carboxylic acid groups (broad SMARTS) is 1. The van der Waals surface area contributed by atoms with E-state index in [9.17, 15) is 28.6 Å². The number of aromatic carboxylic acids is 1. The third-order valence-electron chi connectivity index (χ3n) is 15.7. The van der Waals surface area contributed by atoms with Gasteiger partial charge in [0.25, 0.3) is 0 Å². The normalized spacial score (nSPS) is 16.6. The number of fused-ring (bicyclic) bond motifs is 2. The van der Waals surface area contributed by atoms with Gasteiger partial charge in [0.2, 0.25) is 11.8 Å². The van der Waals surface area contributed by atoms with E-state index in [1.54, 1.807) is 48.5 Å². The zero-order valence-electron chi connectivity index (χ0n) is 45.0. The topological polar surface area (TPSA) is 227 Å². The highest BCUT2D eigenvalue weighted by molar-refractivity contribution is 5.94. The highest BCUT2D eigenvalue weighted by atomic mass is 19.1. The van der Waals surface area contributed by atoms with Crippen molar-refractivity contribution in [1.82, 2.24) is 38.9 Å². The number of likely N-dealkylation sites (tertiary alicyclic amines) is 2. The predicted octanol–water partition coefficient (Wildman–Crippen LogP) is 9.21. The summed E-state index contributed by atoms with van der Waals surface area (Å²) in [7, 11) is 0. The number of piperidine rings is 2. The van der Waals surface area contributed by atoms with Gasteiger partial charge in [-0.1, -0.05) is 24.3 Å². The van der Waals surface area contributed by atoms with Crippen LogP contribution in [0.3, 0.4) is 0 Å². The number of hydrogen-bond acceptors (Lipinski definition) is 15. The van der Waals surface area contributed by atoms with Crippen molar-refractivity contribution in [2.75, 3.05) is 39.4 Å². The highest BCUT2D eigenvalue weighted by Crippen LogP contribution is 2.32. The van der Waals surface area contributed by atoms with Crippen LogP contribution in [0.4, 0.5) is 8.78 Å². The fourth-order valence-corrected chi connectivity index (χ4v) is 11.0. The molecule has 4 aromatic heterocycles. The molecule has 0 bridgehead atoms. The molecule has 3 aliphatic rings. The molecule has 4 aromatic carbocycles. The van der Waals surface area contributed by atoms with Crippen molar-refractivity contribution < 1.29 is 47.5 Å². The number of ether oxygens (including phenoxy) is 4. The standard InChI is InChI=1S/C62H60F2N10O8/c63-49-27-39(31-65)7-9-45(49)37-81-59-5-1-3-51(69-59)41-15-21-71(22-16-41)35-57-67-53-13-11-43(61(76)77)29-55(53)73(57)33-47(75)19-25-80-62(78)44-12-14-54-56(30-44)74(34-48-20-26-79-48)58(68-54)36-72-23-17-42(18-24-72)52-4-2-6-60(70-52)82-38-46-10-8-40(32-66)28-50(46)64/h1-14,27-30,41-42,47-48,75H,15-26,33-38H2,(H,76,77)/t47?,48-/m0/s1. The summed E-state index contributed by atoms with van der Waals surface area (Å²) in [6, 6.07) is 33.8. The lowest BCUT2D eigenvalue weighted by atomic mass is 9.93. The fourth-order valence-electron chi connectivity index (χ4n) is 11.0. The third kappa shape index (κ3) is 12.9. The highest BCUT2D eigenvalue weighted by Gasteiger charge is 2.28. The van der Waals surface area contributed by atoms with Gasteiger partial charge in [0.1, 0.15) is 36.5 Å². The van der Waals surface area contributed by atoms with Gasteiger partial charge in [-0.15, -0.1) is 0 Å². The van der Waals surface area contributed by atoms with Crippen molar-refractivity contribution in [3.63, 3.8) is 0 Å². The van der Waals surface area contributed by atoms with Crippen LogP contribution in [0.1, 0.15) is 116 Å². The van der Waals surface area contributed by atoms with Crippen LogP contribution in [0.2, 0.25) is 0 Å². The Kier molecular flexibility index (Phi) is 16.9. The molecule has 20 heteroatoms. The van der Waals surface area contributed by atoms with Gasteiger partial charge in [0, 0.05) is 59.5 Å². The molecule has 0 spiro atoms. The molecular weight excluding hydrogens is 1050 g/mol. The lowest BCUT2D eigenvalue weighted by molar-refractivity contribution is -0.0592. The number of hydrogen-bond donors (Lipinski definition) is 2. The van der Waals surface area contributed by atoms with Crippen molar-refractivity contribution in [1.29, 1.82) is 10.5 Å². The summed E-state index contributed by atoms with van der Waals surface area (Å²) >= 11 is 0. The maximum Gasteiger partial charge on any atom is 0.338 e. The molecule has 82 heavy (non-hydrogen) atoms. The van der Waals surface area contributed by atoms with E-state index in [0.717, 1.165) is 86.5 Å². The number of pyridine rings is 2. The fraction of sp³-hybridized carbons (Fsp3) is 0.355. The SMILES string of the molecule is N#Cc1ccc(COc2cccc(C3CCN(Cc4nc5ccc(C(=O)O)cc5n4CC(O)CCOC(=O)c4ccc5nc(CN6CCC(c7cccc(OCc8ccc(C#N)cc8F)n7)CC6)n(C[C@@H]6CCO6)c5c4)CC3)n2)c(F)c1. The Morgan fingerprint density at radius 1 is 0.659 bits per heavy atom. The monoisotopic (exact) mass is 1110 g/mol. The molecule has 2 atom stereocenters. The lowest BCUT2D eigenvalue weighted by Gasteiger charge is -2.32. The van der Waals surface area contributed by atoms with Crippen LogP contribution in [0.15, 0.2) is 109 Å². The number of rotatable bonds is 21. The van der Waals surface area contributed by atoms with Crippen molar-refractivity contribution in [3.8, 4) is 23.9 Å². The van der Waals surface area contributed by atoms with Crippen molar-refractivity contribution in [2.24, 2.45) is 0 Å². The van der Waals surface area contributed by atoms with Gasteiger partial charge in [-0.25, -0.2) is 38.3 Å². The Morgan fingerprint density at radius 3 is 1.67 bits per heavy atom. The van der Waals surface area contributed by atoms with Gasteiger partial charge in [-0.05, 0) is 131 Å². The van der Waals surface area contributed by atoms with E-state index in [1.807, 2.05) is 53.1 Å². The second-order valence-corrected chi connectivity index (χ2v) is 21.2. The van der Waals surface area contributed by atoms with E-state index < -0.39 is 29.7 Å². The Balaban J connectivity index is 0.692. The number of imidazole rings is 2. The number of carbonyl (C=O) groups is 2. The van der Waals surface area contributed by atoms with Crippen LogP contribution in [0, 0.1) is 34.3 Å². The van der Waals surface area contributed by atoms with Gasteiger partial charge < -0.3 is 38.3 Å². The molecule has 3 aliphatic heterocycles. The van der Waals surface area contributed by atoms with Gasteiger partial charge in [-0.2, -0.15) is 10.5 Å². The summed E-state index contributed by atoms with van der Waals surface area (Å²) in [5.41, 5.74) is 6.13. The Morgan fingerprint density at radius 2 is 1.17 bits per heavy atom. The molecule has 2 N–H and O–H groups in total. The Bertz CT molecular complexity index is 3720. The van der Waals surface area contributed by atoms with Crippen LogP contribution in [-0.2, 0) is 48.9 Å². The molecule has 0 saturated carbocycles. The maximum absolute atomic E-state index is 14.5. The van der Waals surface area contributed by atoms with Crippen LogP contribution in [0.5, 0.6) is 11.8 Å². The number of aliphatic hydroxyl groups is 1. The molecule has 420 valence electrons. The number of aromatic nitrogens is 6. The molecule has 0 radical (unpaired) electrons. The first-order valence-electron chi connectivity index (χ1n) is 27.6. The predicted molar refractivity (Wildman–Crippen MR) is 296 cm³/mol. The van der Waals surface area contributed by atoms with Crippen molar-refractivity contribution in [2.45, 2.75) is 102 Å². The van der Waals surface area contributed by atoms with Crippen LogP contribution < -0.4 is 9.47 Å². The minimum Gasteiger partial charge on any atom is -0.478 e. The number of benzene rings is 4. The van der Waals surface area contributed by atoms with E-state index >= 15 is 0 Å². The van der Waals surface area contributed by atoms with Gasteiger partial charge >= 0.3 is 11.9 Å². The van der Waals surface area contributed by atoms with E-state index in [-0.39, 0.29) is 67.4 Å². The van der Waals surface area contributed by atoms with E-state index in [1.165, 1.54) is 24.3 Å². The first-order valence-corrected chi connectivity index (χ1v) is 27.6. The first kappa shape index (κ1) is 55.3. The average Bonchev–Trinajstić information content (AvgIpc) is 4.20. The molecule has 3 fully saturated rings. The summed E-state index contributed by atoms with van der Waals surface area (Å²) < 4.78 is 56.4. The quantitative estimate of drug-likeness (QED) is 0.0639. The Labute approximate surface area is 471 Å². The van der Waals surface area contributed by atoms with Crippen molar-refractivity contribution >= 4 is 34.0 Å². The molecule has 11 rings (SSSR count). The van der Waals surface area contributed by atoms with Gasteiger partial charge in [0.05, 0.1) is 101 Å². The number of esters is 1. The molecular formula is C62H60F2N10O8. The van der Waals surface area contributed by atoms with Gasteiger partial charge in [-0.3, -0.25) is 9.80 Å². The number of carbonyl (C=O) groups excluding carboxylic acids is 1. The zero-order chi connectivity index (χ0) is 56.7. The molecule has 0 amide bonds. The van der Waals surface area contributed by atoms with E-state index in [0.29, 0.717) is 71.5 Å². The van der Waals surface area contributed by atoms with Gasteiger partial charge in [0.15, 0.2) is 0 Å². The summed E-state index contributed by atoms with van der Waals surface area (Å²) in [4.78, 5) is 49.9.